The fourth-order valence-electron chi connectivity index (χ4n) is 1.16. The quantitative estimate of drug-likeness (QED) is 0.784. The van der Waals surface area contributed by atoms with E-state index in [0.29, 0.717) is 0 Å². The zero-order valence-electron chi connectivity index (χ0n) is 8.83. The molecule has 4 nitrogen and oxygen atoms in total. The van der Waals surface area contributed by atoms with Gasteiger partial charge in [0.2, 0.25) is 10.1 Å². The van der Waals surface area contributed by atoms with E-state index in [9.17, 15) is 0 Å². The first-order chi connectivity index (χ1) is 6.50. The predicted octanol–water partition coefficient (Wildman–Crippen LogP) is 2.13. The van der Waals surface area contributed by atoms with Gasteiger partial charge in [0.05, 0.1) is 11.9 Å². The van der Waals surface area contributed by atoms with Crippen molar-refractivity contribution in [2.45, 2.75) is 26.2 Å². The predicted molar refractivity (Wildman–Crippen MR) is 59.1 cm³/mol. The molecule has 0 atom stereocenters. The van der Waals surface area contributed by atoms with E-state index in [4.69, 9.17) is 0 Å². The molecule has 0 aliphatic carbocycles. The van der Waals surface area contributed by atoms with Crippen LogP contribution in [0.3, 0.4) is 0 Å². The van der Waals surface area contributed by atoms with Gasteiger partial charge in [0.1, 0.15) is 0 Å². The molecule has 0 aliphatic rings. The first-order valence-electron chi connectivity index (χ1n) is 4.55. The second-order valence-corrected chi connectivity index (χ2v) is 5.22. The van der Waals surface area contributed by atoms with Crippen molar-refractivity contribution in [1.29, 1.82) is 0 Å². The number of imidazole rings is 1. The maximum Gasteiger partial charge on any atom is 0.214 e. The van der Waals surface area contributed by atoms with Crippen LogP contribution in [0.4, 0.5) is 5.13 Å². The van der Waals surface area contributed by atoms with Crippen LogP contribution in [-0.4, -0.2) is 21.6 Å². The highest BCUT2D eigenvalue weighted by atomic mass is 32.1. The lowest BCUT2D eigenvalue weighted by Crippen LogP contribution is -2.11. The highest BCUT2D eigenvalue weighted by molar-refractivity contribution is 7.20. The molecule has 0 fully saturated rings. The van der Waals surface area contributed by atoms with Crippen molar-refractivity contribution in [3.05, 3.63) is 11.9 Å². The molecule has 1 N–H and O–H groups in total. The number of anilines is 1. The Hall–Kier alpha value is -1.10. The van der Waals surface area contributed by atoms with E-state index in [-0.39, 0.29) is 5.41 Å². The SMILES string of the molecule is CNc1nn2cc(C(C)(C)C)nc2s1. The van der Waals surface area contributed by atoms with E-state index in [1.54, 1.807) is 11.3 Å². The molecule has 2 heterocycles. The fraction of sp³-hybridized carbons (Fsp3) is 0.556. The molecule has 0 unspecified atom stereocenters. The average molecular weight is 210 g/mol. The van der Waals surface area contributed by atoms with Crippen molar-refractivity contribution >= 4 is 21.4 Å². The number of hydrogen-bond acceptors (Lipinski definition) is 4. The van der Waals surface area contributed by atoms with E-state index in [1.165, 1.54) is 0 Å². The van der Waals surface area contributed by atoms with Crippen LogP contribution in [0, 0.1) is 0 Å². The fourth-order valence-corrected chi connectivity index (χ4v) is 1.90. The van der Waals surface area contributed by atoms with Crippen LogP contribution < -0.4 is 5.32 Å². The van der Waals surface area contributed by atoms with Crippen LogP contribution in [0.15, 0.2) is 6.20 Å². The highest BCUT2D eigenvalue weighted by Crippen LogP contribution is 2.25. The third-order valence-corrected chi connectivity index (χ3v) is 2.97. The summed E-state index contributed by atoms with van der Waals surface area (Å²) in [5, 5.41) is 8.23. The third-order valence-electron chi connectivity index (χ3n) is 2.03. The second kappa shape index (κ2) is 2.95. The van der Waals surface area contributed by atoms with Crippen LogP contribution in [0.1, 0.15) is 26.5 Å². The van der Waals surface area contributed by atoms with Gasteiger partial charge in [0.25, 0.3) is 0 Å². The minimum atomic E-state index is 0.0905. The lowest BCUT2D eigenvalue weighted by molar-refractivity contribution is 0.572. The summed E-state index contributed by atoms with van der Waals surface area (Å²) < 4.78 is 1.83. The topological polar surface area (TPSA) is 42.2 Å². The summed E-state index contributed by atoms with van der Waals surface area (Å²) >= 11 is 1.56. The molecule has 0 amide bonds. The molecule has 2 rings (SSSR count). The second-order valence-electron chi connectivity index (χ2n) is 4.26. The number of hydrogen-bond donors (Lipinski definition) is 1. The summed E-state index contributed by atoms with van der Waals surface area (Å²) in [6, 6.07) is 0. The average Bonchev–Trinajstić information content (AvgIpc) is 2.56. The zero-order valence-corrected chi connectivity index (χ0v) is 9.64. The lowest BCUT2D eigenvalue weighted by atomic mass is 9.93. The molecule has 5 heteroatoms. The van der Waals surface area contributed by atoms with Crippen LogP contribution in [0.2, 0.25) is 0 Å². The van der Waals surface area contributed by atoms with Gasteiger partial charge in [-0.05, 0) is 0 Å². The Morgan fingerprint density at radius 3 is 2.64 bits per heavy atom. The summed E-state index contributed by atoms with van der Waals surface area (Å²) in [4.78, 5) is 5.48. The van der Waals surface area contributed by atoms with Crippen molar-refractivity contribution < 1.29 is 0 Å². The van der Waals surface area contributed by atoms with Crippen molar-refractivity contribution in [1.82, 2.24) is 14.6 Å². The molecule has 0 saturated carbocycles. The zero-order chi connectivity index (χ0) is 10.3. The van der Waals surface area contributed by atoms with E-state index in [2.05, 4.69) is 36.2 Å². The van der Waals surface area contributed by atoms with E-state index < -0.39 is 0 Å². The highest BCUT2D eigenvalue weighted by Gasteiger charge is 2.18. The van der Waals surface area contributed by atoms with Crippen molar-refractivity contribution in [3.63, 3.8) is 0 Å². The Bertz CT molecular complexity index is 417. The van der Waals surface area contributed by atoms with Crippen LogP contribution in [0.25, 0.3) is 4.96 Å². The van der Waals surface area contributed by atoms with Gasteiger partial charge in [-0.25, -0.2) is 9.50 Å². The summed E-state index contributed by atoms with van der Waals surface area (Å²) in [5.41, 5.74) is 1.17. The monoisotopic (exact) mass is 210 g/mol. The van der Waals surface area contributed by atoms with Crippen LogP contribution >= 0.6 is 11.3 Å². The Morgan fingerprint density at radius 1 is 1.43 bits per heavy atom. The lowest BCUT2D eigenvalue weighted by Gasteiger charge is -2.13. The molecule has 2 aromatic heterocycles. The Labute approximate surface area is 87.0 Å². The first kappa shape index (κ1) is 9.45. The summed E-state index contributed by atoms with van der Waals surface area (Å²) in [7, 11) is 1.86. The van der Waals surface area contributed by atoms with E-state index in [0.717, 1.165) is 15.8 Å². The Kier molecular flexibility index (Phi) is 1.99. The molecular weight excluding hydrogens is 196 g/mol. The molecule has 76 valence electrons. The van der Waals surface area contributed by atoms with E-state index >= 15 is 0 Å². The van der Waals surface area contributed by atoms with Gasteiger partial charge in [-0.2, -0.15) is 0 Å². The largest absolute Gasteiger partial charge is 0.363 e. The van der Waals surface area contributed by atoms with Crippen molar-refractivity contribution in [3.8, 4) is 0 Å². The maximum absolute atomic E-state index is 4.53. The molecule has 0 radical (unpaired) electrons. The third kappa shape index (κ3) is 1.48. The number of aromatic nitrogens is 3. The van der Waals surface area contributed by atoms with Crippen LogP contribution in [-0.2, 0) is 5.41 Å². The molecule has 0 bridgehead atoms. The number of nitrogens with one attached hydrogen (secondary N) is 1. The van der Waals surface area contributed by atoms with Gasteiger partial charge in [-0.3, -0.25) is 0 Å². The minimum absolute atomic E-state index is 0.0905. The van der Waals surface area contributed by atoms with Gasteiger partial charge >= 0.3 is 0 Å². The molecule has 0 saturated heterocycles. The van der Waals surface area contributed by atoms with Gasteiger partial charge in [-0.15, -0.1) is 5.10 Å². The molecule has 2 aromatic rings. The first-order valence-corrected chi connectivity index (χ1v) is 5.37. The number of fused-ring (bicyclic) bond motifs is 1. The normalized spacial score (nSPS) is 12.3. The van der Waals surface area contributed by atoms with E-state index in [1.807, 2.05) is 17.8 Å². The minimum Gasteiger partial charge on any atom is -0.363 e. The van der Waals surface area contributed by atoms with Crippen molar-refractivity contribution in [2.24, 2.45) is 0 Å². The van der Waals surface area contributed by atoms with Gasteiger partial charge in [-0.1, -0.05) is 32.1 Å². The molecule has 14 heavy (non-hydrogen) atoms. The summed E-state index contributed by atoms with van der Waals surface area (Å²) in [6.07, 6.45) is 1.99. The smallest absolute Gasteiger partial charge is 0.214 e. The Balaban J connectivity index is 2.49. The standard InChI is InChI=1S/C9H14N4S/c1-9(2,3)6-5-13-8(11-6)14-7(10-4)12-13/h5H,1-4H3,(H,10,12). The Morgan fingerprint density at radius 2 is 2.14 bits per heavy atom. The number of rotatable bonds is 1. The van der Waals surface area contributed by atoms with Crippen molar-refractivity contribution in [2.75, 3.05) is 12.4 Å². The summed E-state index contributed by atoms with van der Waals surface area (Å²) in [6.45, 7) is 6.45. The molecule has 0 spiro atoms. The van der Waals surface area contributed by atoms with Gasteiger partial charge < -0.3 is 5.32 Å². The summed E-state index contributed by atoms with van der Waals surface area (Å²) in [5.74, 6) is 0. The molecule has 0 aliphatic heterocycles. The van der Waals surface area contributed by atoms with Gasteiger partial charge in [0.15, 0.2) is 0 Å². The molecular formula is C9H14N4S. The maximum atomic E-state index is 4.53. The van der Waals surface area contributed by atoms with Gasteiger partial charge in [0, 0.05) is 12.5 Å². The number of nitrogens with zero attached hydrogens (tertiary/aromatic N) is 3. The van der Waals surface area contributed by atoms with Crippen LogP contribution in [0.5, 0.6) is 0 Å². The molecule has 0 aromatic carbocycles.